The van der Waals surface area contributed by atoms with Crippen LogP contribution in [0.4, 0.5) is 0 Å². The molecule has 0 unspecified atom stereocenters. The van der Waals surface area contributed by atoms with E-state index in [1.165, 1.54) is 43.2 Å². The van der Waals surface area contributed by atoms with Gasteiger partial charge in [-0.25, -0.2) is 0 Å². The summed E-state index contributed by atoms with van der Waals surface area (Å²) in [5, 5.41) is 7.70. The predicted molar refractivity (Wildman–Crippen MR) is 128 cm³/mol. The first-order valence-electron chi connectivity index (χ1n) is 10.6. The Morgan fingerprint density at radius 2 is 1.16 bits per heavy atom. The van der Waals surface area contributed by atoms with E-state index in [0.717, 1.165) is 28.5 Å². The van der Waals surface area contributed by atoms with E-state index in [2.05, 4.69) is 72.8 Å². The van der Waals surface area contributed by atoms with Crippen LogP contribution in [0.5, 0.6) is 23.0 Å². The second-order valence-electron chi connectivity index (χ2n) is 8.49. The van der Waals surface area contributed by atoms with Crippen molar-refractivity contribution in [2.75, 3.05) is 0 Å². The molecule has 3 heteroatoms. The zero-order chi connectivity index (χ0) is 20.1. The number of rotatable bonds is 0. The molecule has 0 radical (unpaired) electrons. The van der Waals surface area contributed by atoms with Gasteiger partial charge in [-0.1, -0.05) is 66.7 Å². The Morgan fingerprint density at radius 3 is 2.03 bits per heavy atom. The van der Waals surface area contributed by atoms with Crippen LogP contribution in [0.15, 0.2) is 91.0 Å². The number of hydrogen-bond donors (Lipinski definition) is 0. The van der Waals surface area contributed by atoms with Gasteiger partial charge in [-0.15, -0.1) is 0 Å². The topological polar surface area (TPSA) is 18.5 Å². The minimum atomic E-state index is 0.0875. The van der Waals surface area contributed by atoms with Gasteiger partial charge in [0.25, 0.3) is 6.71 Å². The van der Waals surface area contributed by atoms with Crippen molar-refractivity contribution in [1.82, 2.24) is 0 Å². The molecule has 0 saturated heterocycles. The SMILES string of the molecule is c1ccc2c(c1)Oc1cccc3c1B2c1c(cc2ccc4cccc5ccc1c2c45)O3. The number of fused-ring (bicyclic) bond motifs is 5. The summed E-state index contributed by atoms with van der Waals surface area (Å²) in [4.78, 5) is 0. The summed E-state index contributed by atoms with van der Waals surface area (Å²) < 4.78 is 12.8. The van der Waals surface area contributed by atoms with Crippen LogP contribution >= 0.6 is 0 Å². The third-order valence-electron chi connectivity index (χ3n) is 6.92. The molecule has 0 amide bonds. The van der Waals surface area contributed by atoms with E-state index in [0.29, 0.717) is 0 Å². The molecule has 8 rings (SSSR count). The molecule has 0 saturated carbocycles. The van der Waals surface area contributed by atoms with Crippen LogP contribution in [0, 0.1) is 0 Å². The van der Waals surface area contributed by atoms with Crippen molar-refractivity contribution in [1.29, 1.82) is 0 Å². The maximum absolute atomic E-state index is 6.51. The molecule has 0 atom stereocenters. The van der Waals surface area contributed by atoms with Gasteiger partial charge in [0.15, 0.2) is 0 Å². The van der Waals surface area contributed by atoms with Crippen molar-refractivity contribution in [3.05, 3.63) is 91.0 Å². The Hall–Kier alpha value is -3.98. The monoisotopic (exact) mass is 394 g/mol. The van der Waals surface area contributed by atoms with E-state index >= 15 is 0 Å². The van der Waals surface area contributed by atoms with E-state index in [4.69, 9.17) is 9.47 Å². The van der Waals surface area contributed by atoms with Gasteiger partial charge in [-0.2, -0.15) is 0 Å². The van der Waals surface area contributed by atoms with Crippen molar-refractivity contribution < 1.29 is 9.47 Å². The minimum absolute atomic E-state index is 0.0875. The first kappa shape index (κ1) is 15.8. The van der Waals surface area contributed by atoms with Gasteiger partial charge in [-0.05, 0) is 67.5 Å². The first-order valence-corrected chi connectivity index (χ1v) is 10.6. The summed E-state index contributed by atoms with van der Waals surface area (Å²) in [6, 6.07) is 32.2. The Kier molecular flexibility index (Phi) is 2.75. The molecule has 31 heavy (non-hydrogen) atoms. The Morgan fingerprint density at radius 1 is 0.484 bits per heavy atom. The van der Waals surface area contributed by atoms with Crippen LogP contribution in [0.1, 0.15) is 0 Å². The molecule has 0 aromatic heterocycles. The highest BCUT2D eigenvalue weighted by Crippen LogP contribution is 2.40. The molecule has 0 N–H and O–H groups in total. The fourth-order valence-corrected chi connectivity index (χ4v) is 5.68. The van der Waals surface area contributed by atoms with Crippen LogP contribution in [-0.4, -0.2) is 6.71 Å². The van der Waals surface area contributed by atoms with Gasteiger partial charge >= 0.3 is 0 Å². The molecular formula is C28H15BO2. The summed E-state index contributed by atoms with van der Waals surface area (Å²) in [6.07, 6.45) is 0. The minimum Gasteiger partial charge on any atom is -0.458 e. The molecule has 2 nitrogen and oxygen atoms in total. The van der Waals surface area contributed by atoms with Crippen LogP contribution in [-0.2, 0) is 0 Å². The molecule has 0 aliphatic carbocycles. The normalized spacial score (nSPS) is 13.6. The number of ether oxygens (including phenoxy) is 2. The van der Waals surface area contributed by atoms with E-state index in [1.54, 1.807) is 0 Å². The second-order valence-corrected chi connectivity index (χ2v) is 8.49. The number of para-hydroxylation sites is 1. The van der Waals surface area contributed by atoms with Gasteiger partial charge < -0.3 is 9.47 Å². The van der Waals surface area contributed by atoms with Crippen LogP contribution in [0.25, 0.3) is 32.3 Å². The standard InChI is InChI=1S/C28H15BO2/c1-2-8-21-20(7-1)29-27-19-14-13-17-6-3-5-16-11-12-18(26(19)25(16)17)15-24(27)31-23-10-4-9-22(30-21)28(23)29/h1-15H. The lowest BCUT2D eigenvalue weighted by atomic mass is 9.34. The van der Waals surface area contributed by atoms with Gasteiger partial charge in [0.1, 0.15) is 23.0 Å². The molecule has 6 aromatic carbocycles. The van der Waals surface area contributed by atoms with Crippen molar-refractivity contribution in [2.24, 2.45) is 0 Å². The van der Waals surface area contributed by atoms with Crippen molar-refractivity contribution in [2.45, 2.75) is 0 Å². The lowest BCUT2D eigenvalue weighted by Gasteiger charge is -2.34. The third-order valence-corrected chi connectivity index (χ3v) is 6.92. The van der Waals surface area contributed by atoms with Gasteiger partial charge in [0, 0.05) is 5.46 Å². The van der Waals surface area contributed by atoms with Crippen LogP contribution < -0.4 is 25.9 Å². The fraction of sp³-hybridized carbons (Fsp3) is 0. The maximum atomic E-state index is 6.51. The predicted octanol–water partition coefficient (Wildman–Crippen LogP) is 5.31. The Balaban J connectivity index is 1.58. The smallest absolute Gasteiger partial charge is 0.261 e. The quantitative estimate of drug-likeness (QED) is 0.256. The zero-order valence-corrected chi connectivity index (χ0v) is 16.6. The van der Waals surface area contributed by atoms with Crippen LogP contribution in [0.2, 0.25) is 0 Å². The van der Waals surface area contributed by atoms with E-state index < -0.39 is 0 Å². The lowest BCUT2D eigenvalue weighted by Crippen LogP contribution is -2.57. The zero-order valence-electron chi connectivity index (χ0n) is 16.6. The fourth-order valence-electron chi connectivity index (χ4n) is 5.68. The van der Waals surface area contributed by atoms with Crippen molar-refractivity contribution in [3.63, 3.8) is 0 Å². The molecule has 6 aromatic rings. The molecule has 0 fully saturated rings. The summed E-state index contributed by atoms with van der Waals surface area (Å²) in [7, 11) is 0. The molecular weight excluding hydrogens is 379 g/mol. The van der Waals surface area contributed by atoms with Gasteiger partial charge in [-0.3, -0.25) is 0 Å². The van der Waals surface area contributed by atoms with Crippen LogP contribution in [0.3, 0.4) is 0 Å². The second kappa shape index (κ2) is 5.38. The van der Waals surface area contributed by atoms with Gasteiger partial charge in [0.05, 0.1) is 0 Å². The highest BCUT2D eigenvalue weighted by atomic mass is 16.5. The average molecular weight is 394 g/mol. The van der Waals surface area contributed by atoms with E-state index in [-0.39, 0.29) is 6.71 Å². The third kappa shape index (κ3) is 1.90. The molecule has 0 bridgehead atoms. The first-order chi connectivity index (χ1) is 15.4. The lowest BCUT2D eigenvalue weighted by molar-refractivity contribution is 0.465. The number of hydrogen-bond acceptors (Lipinski definition) is 2. The molecule has 2 heterocycles. The molecule has 142 valence electrons. The maximum Gasteiger partial charge on any atom is 0.261 e. The summed E-state index contributed by atoms with van der Waals surface area (Å²) in [6.45, 7) is 0.0875. The Labute approximate surface area is 179 Å². The number of benzene rings is 6. The molecule has 2 aliphatic rings. The highest BCUT2D eigenvalue weighted by Gasteiger charge is 2.41. The summed E-state index contributed by atoms with van der Waals surface area (Å²) in [5.41, 5.74) is 3.56. The average Bonchev–Trinajstić information content (AvgIpc) is 2.82. The van der Waals surface area contributed by atoms with Crippen molar-refractivity contribution in [3.8, 4) is 23.0 Å². The summed E-state index contributed by atoms with van der Waals surface area (Å²) in [5.74, 6) is 3.64. The largest absolute Gasteiger partial charge is 0.458 e. The highest BCUT2D eigenvalue weighted by molar-refractivity contribution is 6.99. The Bertz CT molecular complexity index is 1690. The van der Waals surface area contributed by atoms with E-state index in [1.807, 2.05) is 18.2 Å². The molecule has 2 aliphatic heterocycles. The summed E-state index contributed by atoms with van der Waals surface area (Å²) >= 11 is 0. The molecule has 0 spiro atoms. The van der Waals surface area contributed by atoms with Crippen molar-refractivity contribution >= 4 is 55.4 Å². The van der Waals surface area contributed by atoms with Gasteiger partial charge in [0.2, 0.25) is 0 Å². The van der Waals surface area contributed by atoms with E-state index in [9.17, 15) is 0 Å².